The van der Waals surface area contributed by atoms with Crippen LogP contribution in [0.3, 0.4) is 0 Å². The van der Waals surface area contributed by atoms with Gasteiger partial charge in [-0.15, -0.1) is 0 Å². The van der Waals surface area contributed by atoms with Gasteiger partial charge in [0.25, 0.3) is 0 Å². The third-order valence-corrected chi connectivity index (χ3v) is 6.98. The summed E-state index contributed by atoms with van der Waals surface area (Å²) in [6.45, 7) is 7.83. The quantitative estimate of drug-likeness (QED) is 0.326. The zero-order valence-electron chi connectivity index (χ0n) is 17.0. The van der Waals surface area contributed by atoms with Crippen molar-refractivity contribution in [1.82, 2.24) is 0 Å². The van der Waals surface area contributed by atoms with E-state index in [4.69, 9.17) is 9.84 Å². The summed E-state index contributed by atoms with van der Waals surface area (Å²) in [6.07, 6.45) is 15.6. The van der Waals surface area contributed by atoms with E-state index in [9.17, 15) is 4.79 Å². The SMILES string of the molecule is C=C(CO)C(=O)OC1CCC(C2CCC(CCCCC)CC2)C(CC)C1. The van der Waals surface area contributed by atoms with E-state index in [1.807, 2.05) is 0 Å². The Balaban J connectivity index is 1.79. The second-order valence-corrected chi connectivity index (χ2v) is 8.71. The average molecular weight is 365 g/mol. The molecule has 0 spiro atoms. The highest BCUT2D eigenvalue weighted by Crippen LogP contribution is 2.45. The fourth-order valence-corrected chi connectivity index (χ4v) is 5.33. The normalized spacial score (nSPS) is 32.2. The predicted octanol–water partition coefficient (Wildman–Crippen LogP) is 5.66. The molecular formula is C23H40O3. The topological polar surface area (TPSA) is 46.5 Å². The lowest BCUT2D eigenvalue weighted by Crippen LogP contribution is -2.36. The van der Waals surface area contributed by atoms with E-state index in [1.54, 1.807) is 0 Å². The number of hydrogen-bond donors (Lipinski definition) is 1. The van der Waals surface area contributed by atoms with Gasteiger partial charge in [0.1, 0.15) is 6.10 Å². The zero-order chi connectivity index (χ0) is 18.9. The van der Waals surface area contributed by atoms with E-state index in [2.05, 4.69) is 20.4 Å². The third-order valence-electron chi connectivity index (χ3n) is 6.98. The van der Waals surface area contributed by atoms with Crippen LogP contribution in [-0.4, -0.2) is 23.8 Å². The predicted molar refractivity (Wildman–Crippen MR) is 107 cm³/mol. The molecule has 0 bridgehead atoms. The van der Waals surface area contributed by atoms with Crippen LogP contribution < -0.4 is 0 Å². The van der Waals surface area contributed by atoms with Gasteiger partial charge >= 0.3 is 5.97 Å². The Bertz CT molecular complexity index is 437. The standard InChI is InChI=1S/C23H40O3/c1-4-6-7-8-18-9-11-20(12-10-18)22-14-13-21(15-19(22)5-2)26-23(25)17(3)16-24/h18-22,24H,3-16H2,1-2H3. The molecule has 3 heteroatoms. The first-order valence-corrected chi connectivity index (χ1v) is 11.1. The van der Waals surface area contributed by atoms with E-state index in [0.29, 0.717) is 5.92 Å². The van der Waals surface area contributed by atoms with Gasteiger partial charge in [-0.2, -0.15) is 0 Å². The number of aliphatic hydroxyl groups is 1. The number of carbonyl (C=O) groups is 1. The van der Waals surface area contributed by atoms with Crippen molar-refractivity contribution in [3.8, 4) is 0 Å². The van der Waals surface area contributed by atoms with Gasteiger partial charge in [-0.1, -0.05) is 65.4 Å². The molecule has 2 aliphatic carbocycles. The molecule has 0 aromatic heterocycles. The van der Waals surface area contributed by atoms with Crippen LogP contribution >= 0.6 is 0 Å². The number of unbranched alkanes of at least 4 members (excludes halogenated alkanes) is 2. The van der Waals surface area contributed by atoms with Gasteiger partial charge in [-0.05, 0) is 55.8 Å². The molecule has 3 nitrogen and oxygen atoms in total. The summed E-state index contributed by atoms with van der Waals surface area (Å²) >= 11 is 0. The first kappa shape index (κ1) is 21.5. The van der Waals surface area contributed by atoms with E-state index in [1.165, 1.54) is 64.2 Å². The number of aliphatic hydroxyl groups excluding tert-OH is 1. The van der Waals surface area contributed by atoms with E-state index >= 15 is 0 Å². The fraction of sp³-hybridized carbons (Fsp3) is 0.870. The summed E-state index contributed by atoms with van der Waals surface area (Å²) in [7, 11) is 0. The minimum atomic E-state index is -0.418. The highest BCUT2D eigenvalue weighted by molar-refractivity contribution is 5.88. The Morgan fingerprint density at radius 3 is 2.42 bits per heavy atom. The Labute approximate surface area is 160 Å². The van der Waals surface area contributed by atoms with Crippen LogP contribution in [0.15, 0.2) is 12.2 Å². The lowest BCUT2D eigenvalue weighted by molar-refractivity contribution is -0.148. The number of carbonyl (C=O) groups excluding carboxylic acids is 1. The highest BCUT2D eigenvalue weighted by atomic mass is 16.5. The van der Waals surface area contributed by atoms with Crippen molar-refractivity contribution in [1.29, 1.82) is 0 Å². The van der Waals surface area contributed by atoms with E-state index < -0.39 is 5.97 Å². The first-order valence-electron chi connectivity index (χ1n) is 11.1. The largest absolute Gasteiger partial charge is 0.459 e. The van der Waals surface area contributed by atoms with Crippen molar-refractivity contribution in [2.24, 2.45) is 23.7 Å². The third kappa shape index (κ3) is 6.11. The van der Waals surface area contributed by atoms with Gasteiger partial charge in [-0.25, -0.2) is 4.79 Å². The van der Waals surface area contributed by atoms with E-state index in [-0.39, 0.29) is 18.3 Å². The summed E-state index contributed by atoms with van der Waals surface area (Å²) in [6, 6.07) is 0. The van der Waals surface area contributed by atoms with Crippen LogP contribution in [0.5, 0.6) is 0 Å². The average Bonchev–Trinajstić information content (AvgIpc) is 2.68. The lowest BCUT2D eigenvalue weighted by atomic mass is 9.65. The van der Waals surface area contributed by atoms with Crippen LogP contribution in [-0.2, 0) is 9.53 Å². The van der Waals surface area contributed by atoms with Crippen LogP contribution in [0.25, 0.3) is 0 Å². The minimum absolute atomic E-state index is 0.0115. The molecule has 0 aliphatic heterocycles. The molecule has 0 aromatic carbocycles. The van der Waals surface area contributed by atoms with Crippen molar-refractivity contribution in [3.05, 3.63) is 12.2 Å². The second kappa shape index (κ2) is 11.1. The molecule has 2 fully saturated rings. The molecule has 1 N–H and O–H groups in total. The Morgan fingerprint density at radius 1 is 1.08 bits per heavy atom. The molecular weight excluding hydrogens is 324 g/mol. The maximum Gasteiger partial charge on any atom is 0.336 e. The molecule has 2 saturated carbocycles. The first-order chi connectivity index (χ1) is 12.6. The summed E-state index contributed by atoms with van der Waals surface area (Å²) in [4.78, 5) is 11.9. The molecule has 2 aliphatic rings. The molecule has 3 atom stereocenters. The van der Waals surface area contributed by atoms with Crippen molar-refractivity contribution in [2.75, 3.05) is 6.61 Å². The minimum Gasteiger partial charge on any atom is -0.459 e. The summed E-state index contributed by atoms with van der Waals surface area (Å²) in [5, 5.41) is 9.03. The second-order valence-electron chi connectivity index (χ2n) is 8.71. The summed E-state index contributed by atoms with van der Waals surface area (Å²) in [5.41, 5.74) is 0.168. The number of ether oxygens (including phenoxy) is 1. The molecule has 3 unspecified atom stereocenters. The van der Waals surface area contributed by atoms with Crippen LogP contribution in [0.4, 0.5) is 0 Å². The van der Waals surface area contributed by atoms with Crippen molar-refractivity contribution in [2.45, 2.75) is 97.0 Å². The number of rotatable bonds is 9. The van der Waals surface area contributed by atoms with Crippen LogP contribution in [0.2, 0.25) is 0 Å². The van der Waals surface area contributed by atoms with Gasteiger partial charge in [0, 0.05) is 0 Å². The molecule has 150 valence electrons. The maximum atomic E-state index is 11.9. The molecule has 0 aromatic rings. The monoisotopic (exact) mass is 364 g/mol. The van der Waals surface area contributed by atoms with Gasteiger partial charge in [0.05, 0.1) is 12.2 Å². The molecule has 2 rings (SSSR count). The molecule has 0 radical (unpaired) electrons. The van der Waals surface area contributed by atoms with Gasteiger partial charge < -0.3 is 9.84 Å². The van der Waals surface area contributed by atoms with Gasteiger partial charge in [0.15, 0.2) is 0 Å². The van der Waals surface area contributed by atoms with Crippen molar-refractivity contribution in [3.63, 3.8) is 0 Å². The maximum absolute atomic E-state index is 11.9. The summed E-state index contributed by atoms with van der Waals surface area (Å²) in [5.74, 6) is 2.92. The number of esters is 1. The molecule has 0 saturated heterocycles. The molecule has 26 heavy (non-hydrogen) atoms. The molecule has 0 amide bonds. The highest BCUT2D eigenvalue weighted by Gasteiger charge is 2.37. The zero-order valence-corrected chi connectivity index (χ0v) is 17.0. The Hall–Kier alpha value is -0.830. The van der Waals surface area contributed by atoms with Crippen molar-refractivity contribution >= 4 is 5.97 Å². The van der Waals surface area contributed by atoms with Crippen LogP contribution in [0.1, 0.15) is 90.9 Å². The number of hydrogen-bond acceptors (Lipinski definition) is 3. The Morgan fingerprint density at radius 2 is 1.81 bits per heavy atom. The smallest absolute Gasteiger partial charge is 0.336 e. The fourth-order valence-electron chi connectivity index (χ4n) is 5.33. The lowest BCUT2D eigenvalue weighted by Gasteiger charge is -2.42. The van der Waals surface area contributed by atoms with E-state index in [0.717, 1.165) is 30.6 Å². The summed E-state index contributed by atoms with van der Waals surface area (Å²) < 4.78 is 5.59. The van der Waals surface area contributed by atoms with Crippen LogP contribution in [0, 0.1) is 23.7 Å². The van der Waals surface area contributed by atoms with Crippen molar-refractivity contribution < 1.29 is 14.6 Å². The van der Waals surface area contributed by atoms with Gasteiger partial charge in [0.2, 0.25) is 0 Å². The van der Waals surface area contributed by atoms with Gasteiger partial charge in [-0.3, -0.25) is 0 Å². The Kier molecular flexibility index (Phi) is 9.18. The molecule has 0 heterocycles.